The molecule has 5 nitrogen and oxygen atoms in total. The predicted molar refractivity (Wildman–Crippen MR) is 132 cm³/mol. The molecular formula is C26H29ClN2O3S. The quantitative estimate of drug-likeness (QED) is 0.462. The average molecular weight is 485 g/mol. The maximum atomic E-state index is 13.0. The third kappa shape index (κ3) is 5.83. The summed E-state index contributed by atoms with van der Waals surface area (Å²) in [6.45, 7) is 5.42. The number of nitrogens with zero attached hydrogens (tertiary/aromatic N) is 2. The first-order valence-electron chi connectivity index (χ1n) is 11.2. The van der Waals surface area contributed by atoms with Gasteiger partial charge >= 0.3 is 0 Å². The third-order valence-electron chi connectivity index (χ3n) is 6.01. The molecule has 1 heterocycles. The van der Waals surface area contributed by atoms with Gasteiger partial charge in [-0.05, 0) is 35.7 Å². The van der Waals surface area contributed by atoms with Crippen molar-refractivity contribution < 1.29 is 13.2 Å². The Morgan fingerprint density at radius 3 is 2.00 bits per heavy atom. The number of benzene rings is 3. The van der Waals surface area contributed by atoms with Crippen LogP contribution in [0.4, 0.5) is 0 Å². The predicted octanol–water partition coefficient (Wildman–Crippen LogP) is 4.76. The summed E-state index contributed by atoms with van der Waals surface area (Å²) in [5.74, 6) is 0. The van der Waals surface area contributed by atoms with Crippen LogP contribution in [0.2, 0.25) is 5.02 Å². The molecule has 4 rings (SSSR count). The summed E-state index contributed by atoms with van der Waals surface area (Å²) in [5, 5.41) is 0.471. The maximum absolute atomic E-state index is 13.0. The van der Waals surface area contributed by atoms with E-state index < -0.39 is 10.0 Å². The number of aryl methyl sites for hydroxylation is 1. The molecule has 7 heteroatoms. The van der Waals surface area contributed by atoms with Crippen molar-refractivity contribution in [1.29, 1.82) is 0 Å². The van der Waals surface area contributed by atoms with Crippen LogP contribution in [0.15, 0.2) is 83.8 Å². The van der Waals surface area contributed by atoms with Gasteiger partial charge in [0.1, 0.15) is 6.10 Å². The van der Waals surface area contributed by atoms with Crippen molar-refractivity contribution >= 4 is 21.6 Å². The lowest BCUT2D eigenvalue weighted by Gasteiger charge is -2.34. The zero-order valence-corrected chi connectivity index (χ0v) is 20.3. The van der Waals surface area contributed by atoms with Crippen LogP contribution in [-0.2, 0) is 14.8 Å². The van der Waals surface area contributed by atoms with Crippen molar-refractivity contribution in [3.8, 4) is 0 Å². The highest BCUT2D eigenvalue weighted by molar-refractivity contribution is 7.89. The summed E-state index contributed by atoms with van der Waals surface area (Å²) in [4.78, 5) is 2.50. The van der Waals surface area contributed by atoms with Crippen molar-refractivity contribution in [2.75, 3.05) is 39.3 Å². The Hall–Kier alpha value is -2.22. The molecule has 0 radical (unpaired) electrons. The van der Waals surface area contributed by atoms with Crippen LogP contribution < -0.4 is 0 Å². The summed E-state index contributed by atoms with van der Waals surface area (Å²) >= 11 is 6.15. The van der Waals surface area contributed by atoms with E-state index in [2.05, 4.69) is 29.2 Å². The van der Waals surface area contributed by atoms with Gasteiger partial charge in [0.2, 0.25) is 10.0 Å². The fourth-order valence-electron chi connectivity index (χ4n) is 4.02. The van der Waals surface area contributed by atoms with Crippen LogP contribution in [0.5, 0.6) is 0 Å². The number of hydrogen-bond donors (Lipinski definition) is 0. The van der Waals surface area contributed by atoms with Crippen LogP contribution in [0.1, 0.15) is 22.8 Å². The minimum atomic E-state index is -3.54. The summed E-state index contributed by atoms with van der Waals surface area (Å²) in [6.07, 6.45) is -0.125. The highest BCUT2D eigenvalue weighted by atomic mass is 35.5. The van der Waals surface area contributed by atoms with Gasteiger partial charge in [0.25, 0.3) is 0 Å². The molecule has 1 saturated heterocycles. The molecule has 1 fully saturated rings. The number of ether oxygens (including phenoxy) is 1. The average Bonchev–Trinajstić information content (AvgIpc) is 2.85. The van der Waals surface area contributed by atoms with Crippen LogP contribution >= 0.6 is 11.6 Å². The minimum Gasteiger partial charge on any atom is -0.367 e. The topological polar surface area (TPSA) is 49.9 Å². The zero-order chi connectivity index (χ0) is 23.3. The normalized spacial score (nSPS) is 15.7. The molecular weight excluding hydrogens is 456 g/mol. The molecule has 0 aliphatic carbocycles. The van der Waals surface area contributed by atoms with Crippen molar-refractivity contribution in [2.24, 2.45) is 0 Å². The monoisotopic (exact) mass is 484 g/mol. The van der Waals surface area contributed by atoms with Gasteiger partial charge in [0.15, 0.2) is 0 Å². The Morgan fingerprint density at radius 1 is 0.879 bits per heavy atom. The molecule has 33 heavy (non-hydrogen) atoms. The van der Waals surface area contributed by atoms with Crippen molar-refractivity contribution in [1.82, 2.24) is 9.21 Å². The molecule has 1 aliphatic heterocycles. The SMILES string of the molecule is Cc1ccc(S(=O)(=O)N2CCN(CCOC(c3ccccc3)c3ccccc3)CC2)cc1Cl. The van der Waals surface area contributed by atoms with Gasteiger partial charge in [-0.2, -0.15) is 4.31 Å². The van der Waals surface area contributed by atoms with Gasteiger partial charge in [-0.25, -0.2) is 8.42 Å². The van der Waals surface area contributed by atoms with Crippen LogP contribution in [0.25, 0.3) is 0 Å². The third-order valence-corrected chi connectivity index (χ3v) is 8.31. The van der Waals surface area contributed by atoms with E-state index in [1.54, 1.807) is 22.5 Å². The van der Waals surface area contributed by atoms with Gasteiger partial charge < -0.3 is 4.74 Å². The molecule has 0 N–H and O–H groups in total. The Kier molecular flexibility index (Phi) is 7.83. The van der Waals surface area contributed by atoms with E-state index in [9.17, 15) is 8.42 Å². The first-order chi connectivity index (χ1) is 15.9. The summed E-state index contributed by atoms with van der Waals surface area (Å²) in [5.41, 5.74) is 3.11. The zero-order valence-electron chi connectivity index (χ0n) is 18.7. The Labute approximate surface area is 201 Å². The Bertz CT molecular complexity index is 1110. The number of sulfonamides is 1. The van der Waals surface area contributed by atoms with Gasteiger partial charge in [0.05, 0.1) is 11.5 Å². The van der Waals surface area contributed by atoms with E-state index in [1.165, 1.54) is 0 Å². The first-order valence-corrected chi connectivity index (χ1v) is 13.0. The molecule has 174 valence electrons. The summed E-state index contributed by atoms with van der Waals surface area (Å²) in [7, 11) is -3.54. The smallest absolute Gasteiger partial charge is 0.243 e. The number of rotatable bonds is 8. The second-order valence-corrected chi connectivity index (χ2v) is 10.6. The molecule has 3 aromatic carbocycles. The number of halogens is 1. The lowest BCUT2D eigenvalue weighted by molar-refractivity contribution is 0.0527. The van der Waals surface area contributed by atoms with E-state index in [4.69, 9.17) is 16.3 Å². The molecule has 0 spiro atoms. The van der Waals surface area contributed by atoms with Crippen LogP contribution in [0.3, 0.4) is 0 Å². The van der Waals surface area contributed by atoms with E-state index in [0.29, 0.717) is 37.8 Å². The second kappa shape index (κ2) is 10.8. The molecule has 0 bridgehead atoms. The largest absolute Gasteiger partial charge is 0.367 e. The Balaban J connectivity index is 1.33. The number of hydrogen-bond acceptors (Lipinski definition) is 4. The highest BCUT2D eigenvalue weighted by Crippen LogP contribution is 2.26. The molecule has 0 aromatic heterocycles. The maximum Gasteiger partial charge on any atom is 0.243 e. The van der Waals surface area contributed by atoms with E-state index in [0.717, 1.165) is 23.2 Å². The lowest BCUT2D eigenvalue weighted by atomic mass is 10.0. The fourth-order valence-corrected chi connectivity index (χ4v) is 5.71. The minimum absolute atomic E-state index is 0.125. The van der Waals surface area contributed by atoms with Gasteiger partial charge in [-0.1, -0.05) is 78.3 Å². The van der Waals surface area contributed by atoms with E-state index >= 15 is 0 Å². The molecule has 3 aromatic rings. The molecule has 0 atom stereocenters. The highest BCUT2D eigenvalue weighted by Gasteiger charge is 2.29. The van der Waals surface area contributed by atoms with E-state index in [-0.39, 0.29) is 11.0 Å². The Morgan fingerprint density at radius 2 is 1.45 bits per heavy atom. The summed E-state index contributed by atoms with van der Waals surface area (Å²) < 4.78 is 33.9. The van der Waals surface area contributed by atoms with Crippen molar-refractivity contribution in [3.05, 3.63) is 101 Å². The standard InChI is InChI=1S/C26H29ClN2O3S/c1-21-12-13-24(20-25(21)27)33(30,31)29-16-14-28(15-17-29)18-19-32-26(22-8-4-2-5-9-22)23-10-6-3-7-11-23/h2-13,20,26H,14-19H2,1H3. The first kappa shape index (κ1) is 23.9. The van der Waals surface area contributed by atoms with Crippen molar-refractivity contribution in [2.45, 2.75) is 17.9 Å². The van der Waals surface area contributed by atoms with Gasteiger partial charge in [-0.3, -0.25) is 4.90 Å². The number of piperazine rings is 1. The lowest BCUT2D eigenvalue weighted by Crippen LogP contribution is -2.49. The van der Waals surface area contributed by atoms with Gasteiger partial charge in [-0.15, -0.1) is 0 Å². The van der Waals surface area contributed by atoms with Crippen LogP contribution in [0, 0.1) is 6.92 Å². The van der Waals surface area contributed by atoms with Crippen molar-refractivity contribution in [3.63, 3.8) is 0 Å². The molecule has 0 unspecified atom stereocenters. The van der Waals surface area contributed by atoms with Crippen LogP contribution in [-0.4, -0.2) is 57.0 Å². The molecule has 0 saturated carbocycles. The second-order valence-electron chi connectivity index (χ2n) is 8.23. The fraction of sp³-hybridized carbons (Fsp3) is 0.308. The molecule has 1 aliphatic rings. The molecule has 0 amide bonds. The van der Waals surface area contributed by atoms with Gasteiger partial charge in [0, 0.05) is 37.7 Å². The van der Waals surface area contributed by atoms with E-state index in [1.807, 2.05) is 43.3 Å². The summed E-state index contributed by atoms with van der Waals surface area (Å²) in [6, 6.07) is 25.3.